The molecule has 0 radical (unpaired) electrons. The number of aromatic amines is 1. The van der Waals surface area contributed by atoms with Crippen LogP contribution in [0.15, 0.2) is 62.6 Å². The molecule has 1 fully saturated rings. The Morgan fingerprint density at radius 3 is 2.42 bits per heavy atom. The monoisotopic (exact) mass is 638 g/mol. The van der Waals surface area contributed by atoms with Gasteiger partial charge in [0, 0.05) is 23.6 Å². The van der Waals surface area contributed by atoms with Crippen molar-refractivity contribution in [3.8, 4) is 22.5 Å². The molecule has 0 saturated heterocycles. The predicted octanol–water partition coefficient (Wildman–Crippen LogP) is 3.99. The number of ether oxygens (including phenoxy) is 1. The van der Waals surface area contributed by atoms with Crippen molar-refractivity contribution in [1.82, 2.24) is 29.3 Å². The Labute approximate surface area is 303 Å². The molecule has 1 saturated carbocycles. The van der Waals surface area contributed by atoms with Crippen LogP contribution in [0, 0.1) is 6.92 Å². The number of hydrogen-bond donors (Lipinski definition) is 2. The first-order valence-corrected chi connectivity index (χ1v) is 15.4. The Hall–Kier alpha value is -2.71. The van der Waals surface area contributed by atoms with Crippen molar-refractivity contribution in [2.45, 2.75) is 84.0 Å². The van der Waals surface area contributed by atoms with Crippen molar-refractivity contribution < 1.29 is 14.4 Å². The van der Waals surface area contributed by atoms with Crippen molar-refractivity contribution in [3.63, 3.8) is 0 Å². The number of benzene rings is 2. The molecule has 1 atom stereocenters. The van der Waals surface area contributed by atoms with Crippen LogP contribution in [0.1, 0.15) is 74.6 Å². The average molecular weight is 639 g/mol. The molecule has 6 rings (SSSR count). The van der Waals surface area contributed by atoms with Crippen LogP contribution in [0.5, 0.6) is 0 Å². The first-order chi connectivity index (χ1) is 21.3. The van der Waals surface area contributed by atoms with Gasteiger partial charge in [-0.1, -0.05) is 67.0 Å². The Kier molecular flexibility index (Phi) is 11.1. The fourth-order valence-corrected chi connectivity index (χ4v) is 6.27. The van der Waals surface area contributed by atoms with Gasteiger partial charge in [0.05, 0.1) is 24.5 Å². The van der Waals surface area contributed by atoms with Crippen LogP contribution in [-0.2, 0) is 17.6 Å². The molecule has 2 N–H and O–H groups in total. The third-order valence-corrected chi connectivity index (χ3v) is 8.33. The van der Waals surface area contributed by atoms with Gasteiger partial charge in [-0.3, -0.25) is 18.9 Å². The van der Waals surface area contributed by atoms with Crippen LogP contribution < -0.4 is 11.3 Å². The Balaban J connectivity index is 0.00000400. The fraction of sp³-hybridized carbons (Fsp3) is 0.424. The molecular weight excluding hydrogens is 599 g/mol. The molecule has 232 valence electrons. The van der Waals surface area contributed by atoms with Gasteiger partial charge >= 0.3 is 57.1 Å². The normalized spacial score (nSPS) is 17.3. The summed E-state index contributed by atoms with van der Waals surface area (Å²) in [5, 5.41) is 18.2. The maximum atomic E-state index is 14.4. The van der Waals surface area contributed by atoms with Gasteiger partial charge in [0.15, 0.2) is 5.82 Å². The molecule has 5 aromatic rings. The number of rotatable bonds is 10. The van der Waals surface area contributed by atoms with Gasteiger partial charge in [0.2, 0.25) is 5.78 Å². The number of aromatic nitrogens is 6. The van der Waals surface area contributed by atoms with Gasteiger partial charge < -0.3 is 9.84 Å². The summed E-state index contributed by atoms with van der Waals surface area (Å²) in [4.78, 5) is 33.3. The zero-order valence-electron chi connectivity index (χ0n) is 25.3. The minimum absolute atomic E-state index is 0. The summed E-state index contributed by atoms with van der Waals surface area (Å²) in [6.45, 7) is 6.02. The van der Waals surface area contributed by atoms with Crippen LogP contribution in [0.4, 0.5) is 0 Å². The van der Waals surface area contributed by atoms with Crippen LogP contribution in [0.3, 0.4) is 0 Å². The molecule has 1 aliphatic rings. The number of nitrogens with one attached hydrogen (secondary N) is 1. The van der Waals surface area contributed by atoms with Crippen molar-refractivity contribution in [1.29, 1.82) is 0 Å². The molecule has 12 heteroatoms. The topological polar surface area (TPSA) is 141 Å². The van der Waals surface area contributed by atoms with E-state index in [1.807, 2.05) is 64.5 Å². The summed E-state index contributed by atoms with van der Waals surface area (Å²) in [7, 11) is 0. The zero-order chi connectivity index (χ0) is 30.8. The molecule has 0 aliphatic heterocycles. The number of aryl methyl sites for hydroxylation is 2. The first-order valence-electron chi connectivity index (χ1n) is 15.4. The van der Waals surface area contributed by atoms with Gasteiger partial charge in [-0.15, -0.1) is 0 Å². The van der Waals surface area contributed by atoms with E-state index in [0.717, 1.165) is 65.6 Å². The Morgan fingerprint density at radius 2 is 1.78 bits per heavy atom. The molecule has 0 spiro atoms. The summed E-state index contributed by atoms with van der Waals surface area (Å²) in [6, 6.07) is 15.8. The van der Waals surface area contributed by atoms with E-state index in [4.69, 9.17) is 19.3 Å². The second-order valence-corrected chi connectivity index (χ2v) is 11.7. The molecule has 45 heavy (non-hydrogen) atoms. The second kappa shape index (κ2) is 14.8. The summed E-state index contributed by atoms with van der Waals surface area (Å²) >= 11 is 0. The SMILES string of the molecule is CCCc1c(Cc2ccc(-c3ccccc3-c3noc(=O)[nH]3)cc2)c(=O)n(C2CCC(OCC(C)O)CC2)c2nc(C)nn12.[KH]. The maximum absolute atomic E-state index is 14.4. The fourth-order valence-electron chi connectivity index (χ4n) is 6.27. The van der Waals surface area contributed by atoms with E-state index in [2.05, 4.69) is 17.1 Å². The van der Waals surface area contributed by atoms with E-state index in [0.29, 0.717) is 36.9 Å². The first kappa shape index (κ1) is 33.6. The number of aliphatic hydroxyl groups excluding tert-OH is 1. The quantitative estimate of drug-likeness (QED) is 0.219. The van der Waals surface area contributed by atoms with E-state index in [1.54, 1.807) is 6.92 Å². The molecule has 3 heterocycles. The number of fused-ring (bicyclic) bond motifs is 1. The van der Waals surface area contributed by atoms with Crippen LogP contribution in [0.25, 0.3) is 28.3 Å². The van der Waals surface area contributed by atoms with Crippen molar-refractivity contribution >= 4 is 57.2 Å². The molecule has 1 unspecified atom stereocenters. The van der Waals surface area contributed by atoms with E-state index in [9.17, 15) is 14.7 Å². The van der Waals surface area contributed by atoms with Gasteiger partial charge in [-0.2, -0.15) is 10.1 Å². The summed E-state index contributed by atoms with van der Waals surface area (Å²) in [5.74, 6) is 1.01. The van der Waals surface area contributed by atoms with Gasteiger partial charge in [-0.05, 0) is 62.6 Å². The molecular formula is C33H39KN6O5. The third-order valence-electron chi connectivity index (χ3n) is 8.33. The second-order valence-electron chi connectivity index (χ2n) is 11.7. The van der Waals surface area contributed by atoms with Crippen molar-refractivity contribution in [2.75, 3.05) is 6.61 Å². The summed E-state index contributed by atoms with van der Waals surface area (Å²) in [6.07, 6.45) is 4.87. The average Bonchev–Trinajstić information content (AvgIpc) is 3.63. The molecule has 0 bridgehead atoms. The van der Waals surface area contributed by atoms with Crippen LogP contribution in [-0.4, -0.2) is 105 Å². The number of hydrogen-bond acceptors (Lipinski definition) is 8. The molecule has 1 aliphatic carbocycles. The van der Waals surface area contributed by atoms with E-state index >= 15 is 0 Å². The van der Waals surface area contributed by atoms with Crippen molar-refractivity contribution in [2.24, 2.45) is 0 Å². The summed E-state index contributed by atoms with van der Waals surface area (Å²) in [5.41, 5.74) is 5.27. The van der Waals surface area contributed by atoms with Gasteiger partial charge in [-0.25, -0.2) is 9.31 Å². The third kappa shape index (κ3) is 7.32. The molecule has 11 nitrogen and oxygen atoms in total. The van der Waals surface area contributed by atoms with Crippen molar-refractivity contribution in [3.05, 3.63) is 92.1 Å². The zero-order valence-corrected chi connectivity index (χ0v) is 25.3. The molecule has 2 aromatic carbocycles. The van der Waals surface area contributed by atoms with Gasteiger partial charge in [0.1, 0.15) is 5.82 Å². The number of H-pyrrole nitrogens is 1. The van der Waals surface area contributed by atoms with Crippen LogP contribution >= 0.6 is 0 Å². The van der Waals surface area contributed by atoms with E-state index in [-0.39, 0.29) is 69.1 Å². The number of aliphatic hydroxyl groups is 1. The van der Waals surface area contributed by atoms with E-state index in [1.165, 1.54) is 0 Å². The molecule has 3 aromatic heterocycles. The van der Waals surface area contributed by atoms with E-state index < -0.39 is 11.9 Å². The summed E-state index contributed by atoms with van der Waals surface area (Å²) < 4.78 is 14.4. The van der Waals surface area contributed by atoms with Gasteiger partial charge in [0.25, 0.3) is 5.56 Å². The predicted molar refractivity (Wildman–Crippen MR) is 173 cm³/mol. The number of nitrogens with zero attached hydrogens (tertiary/aromatic N) is 5. The van der Waals surface area contributed by atoms with Crippen LogP contribution in [0.2, 0.25) is 0 Å². The Morgan fingerprint density at radius 1 is 1.07 bits per heavy atom. The Bertz CT molecular complexity index is 1870. The molecule has 0 amide bonds. The standard InChI is InChI=1S/C33H38N6O5.K.H/c1-4-7-29-28(18-22-10-12-23(13-11-22)26-8-5-6-9-27(26)30-35-33(42)44-37-30)31(41)38(32-34-21(3)36-39(29)32)24-14-16-25(17-15-24)43-19-20(2)40;;/h5-6,8-13,20,24-25,40H,4,7,14-19H2,1-3H3,(H,35,37,42);;. The minimum atomic E-state index is -0.601.